The van der Waals surface area contributed by atoms with Gasteiger partial charge in [0.1, 0.15) is 6.10 Å². The maximum atomic E-state index is 10.2. The zero-order chi connectivity index (χ0) is 11.7. The summed E-state index contributed by atoms with van der Waals surface area (Å²) in [7, 11) is 1.85. The van der Waals surface area contributed by atoms with Crippen molar-refractivity contribution in [3.63, 3.8) is 0 Å². The van der Waals surface area contributed by atoms with E-state index in [0.29, 0.717) is 23.0 Å². The van der Waals surface area contributed by atoms with E-state index in [9.17, 15) is 5.11 Å². The second-order valence-electron chi connectivity index (χ2n) is 3.56. The SMILES string of the molecule is CCn1ncc(Cl)c1C(O)c1cn(C)cn1. The number of imidazole rings is 1. The first kappa shape index (κ1) is 11.2. The van der Waals surface area contributed by atoms with Gasteiger partial charge in [-0.3, -0.25) is 4.68 Å². The van der Waals surface area contributed by atoms with Crippen LogP contribution in [0.4, 0.5) is 0 Å². The van der Waals surface area contributed by atoms with Crippen molar-refractivity contribution in [2.24, 2.45) is 7.05 Å². The fraction of sp³-hybridized carbons (Fsp3) is 0.400. The molecule has 0 saturated carbocycles. The van der Waals surface area contributed by atoms with Crippen LogP contribution in [-0.2, 0) is 13.6 Å². The van der Waals surface area contributed by atoms with E-state index in [1.807, 2.05) is 14.0 Å². The normalized spacial score (nSPS) is 13.0. The molecule has 2 heterocycles. The summed E-state index contributed by atoms with van der Waals surface area (Å²) in [6.07, 6.45) is 4.09. The lowest BCUT2D eigenvalue weighted by molar-refractivity contribution is 0.203. The molecule has 0 saturated heterocycles. The molecule has 5 nitrogen and oxygen atoms in total. The van der Waals surface area contributed by atoms with Crippen LogP contribution in [0.1, 0.15) is 24.4 Å². The predicted molar refractivity (Wildman–Crippen MR) is 60.2 cm³/mol. The highest BCUT2D eigenvalue weighted by Crippen LogP contribution is 2.26. The second kappa shape index (κ2) is 4.27. The van der Waals surface area contributed by atoms with Crippen molar-refractivity contribution < 1.29 is 5.11 Å². The molecular formula is C10H13ClN4O. The Balaban J connectivity index is 2.40. The molecule has 0 bridgehead atoms. The van der Waals surface area contributed by atoms with Gasteiger partial charge in [0.15, 0.2) is 0 Å². The van der Waals surface area contributed by atoms with Crippen LogP contribution >= 0.6 is 11.6 Å². The third-order valence-corrected chi connectivity index (χ3v) is 2.69. The Bertz CT molecular complexity index is 491. The average molecular weight is 241 g/mol. The molecule has 0 radical (unpaired) electrons. The van der Waals surface area contributed by atoms with Gasteiger partial charge < -0.3 is 9.67 Å². The number of hydrogen-bond acceptors (Lipinski definition) is 3. The van der Waals surface area contributed by atoms with E-state index in [2.05, 4.69) is 10.1 Å². The van der Waals surface area contributed by atoms with Crippen LogP contribution in [0, 0.1) is 0 Å². The second-order valence-corrected chi connectivity index (χ2v) is 3.97. The summed E-state index contributed by atoms with van der Waals surface area (Å²) in [5.74, 6) is 0. The molecule has 0 aliphatic rings. The van der Waals surface area contributed by atoms with Crippen molar-refractivity contribution >= 4 is 11.6 Å². The minimum Gasteiger partial charge on any atom is -0.380 e. The molecule has 2 aromatic heterocycles. The lowest BCUT2D eigenvalue weighted by Gasteiger charge is -2.10. The van der Waals surface area contributed by atoms with Gasteiger partial charge >= 0.3 is 0 Å². The van der Waals surface area contributed by atoms with E-state index in [1.54, 1.807) is 21.8 Å². The minimum atomic E-state index is -0.837. The summed E-state index contributed by atoms with van der Waals surface area (Å²) < 4.78 is 3.45. The molecule has 0 amide bonds. The van der Waals surface area contributed by atoms with Gasteiger partial charge in [-0.05, 0) is 6.92 Å². The maximum Gasteiger partial charge on any atom is 0.140 e. The summed E-state index contributed by atoms with van der Waals surface area (Å²) in [6.45, 7) is 2.60. The van der Waals surface area contributed by atoms with Gasteiger partial charge in [-0.25, -0.2) is 4.98 Å². The predicted octanol–water partition coefficient (Wildman–Crippen LogP) is 1.37. The molecule has 0 aliphatic heterocycles. The highest BCUT2D eigenvalue weighted by atomic mass is 35.5. The number of aryl methyl sites for hydroxylation is 2. The van der Waals surface area contributed by atoms with Crippen molar-refractivity contribution in [1.29, 1.82) is 0 Å². The number of aliphatic hydroxyl groups is 1. The zero-order valence-electron chi connectivity index (χ0n) is 9.13. The molecule has 86 valence electrons. The van der Waals surface area contributed by atoms with E-state index >= 15 is 0 Å². The zero-order valence-corrected chi connectivity index (χ0v) is 9.89. The van der Waals surface area contributed by atoms with Crippen LogP contribution in [0.3, 0.4) is 0 Å². The van der Waals surface area contributed by atoms with Crippen molar-refractivity contribution in [3.8, 4) is 0 Å². The Hall–Kier alpha value is -1.33. The van der Waals surface area contributed by atoms with Crippen LogP contribution in [0.15, 0.2) is 18.7 Å². The lowest BCUT2D eigenvalue weighted by atomic mass is 10.2. The smallest absolute Gasteiger partial charge is 0.140 e. The van der Waals surface area contributed by atoms with Crippen molar-refractivity contribution in [2.75, 3.05) is 0 Å². The van der Waals surface area contributed by atoms with Crippen LogP contribution in [0.2, 0.25) is 5.02 Å². The summed E-state index contributed by atoms with van der Waals surface area (Å²) in [5, 5.41) is 14.7. The Morgan fingerprint density at radius 3 is 2.88 bits per heavy atom. The standard InChI is InChI=1S/C10H13ClN4O/c1-3-15-9(7(11)4-13-15)10(16)8-5-14(2)6-12-8/h4-6,10,16H,3H2,1-2H3. The van der Waals surface area contributed by atoms with E-state index in [4.69, 9.17) is 11.6 Å². The van der Waals surface area contributed by atoms with Gasteiger partial charge in [-0.2, -0.15) is 5.10 Å². The number of aliphatic hydroxyl groups excluding tert-OH is 1. The molecule has 6 heteroatoms. The van der Waals surface area contributed by atoms with Gasteiger partial charge in [0, 0.05) is 19.8 Å². The Morgan fingerprint density at radius 1 is 1.56 bits per heavy atom. The van der Waals surface area contributed by atoms with Crippen LogP contribution in [0.25, 0.3) is 0 Å². The molecule has 0 aliphatic carbocycles. The lowest BCUT2D eigenvalue weighted by Crippen LogP contribution is -2.09. The van der Waals surface area contributed by atoms with Crippen molar-refractivity contribution in [1.82, 2.24) is 19.3 Å². The van der Waals surface area contributed by atoms with E-state index in [-0.39, 0.29) is 0 Å². The first-order valence-corrected chi connectivity index (χ1v) is 5.38. The number of rotatable bonds is 3. The molecular weight excluding hydrogens is 228 g/mol. The Kier molecular flexibility index (Phi) is 2.98. The molecule has 16 heavy (non-hydrogen) atoms. The van der Waals surface area contributed by atoms with E-state index in [1.165, 1.54) is 6.20 Å². The first-order chi connectivity index (χ1) is 7.63. The maximum absolute atomic E-state index is 10.2. The first-order valence-electron chi connectivity index (χ1n) is 5.00. The number of hydrogen-bond donors (Lipinski definition) is 1. The third-order valence-electron chi connectivity index (χ3n) is 2.40. The molecule has 2 aromatic rings. The third kappa shape index (κ3) is 1.83. The Labute approximate surface area is 98.3 Å². The monoisotopic (exact) mass is 240 g/mol. The van der Waals surface area contributed by atoms with Gasteiger partial charge in [0.25, 0.3) is 0 Å². The molecule has 0 aromatic carbocycles. The van der Waals surface area contributed by atoms with Crippen LogP contribution in [-0.4, -0.2) is 24.4 Å². The topological polar surface area (TPSA) is 55.9 Å². The van der Waals surface area contributed by atoms with Crippen LogP contribution < -0.4 is 0 Å². The Morgan fingerprint density at radius 2 is 2.31 bits per heavy atom. The average Bonchev–Trinajstić information content (AvgIpc) is 2.83. The van der Waals surface area contributed by atoms with Gasteiger partial charge in [-0.1, -0.05) is 11.6 Å². The van der Waals surface area contributed by atoms with E-state index in [0.717, 1.165) is 0 Å². The molecule has 1 unspecified atom stereocenters. The van der Waals surface area contributed by atoms with Crippen LogP contribution in [0.5, 0.6) is 0 Å². The van der Waals surface area contributed by atoms with Crippen molar-refractivity contribution in [3.05, 3.63) is 35.1 Å². The van der Waals surface area contributed by atoms with E-state index < -0.39 is 6.10 Å². The summed E-state index contributed by atoms with van der Waals surface area (Å²) in [6, 6.07) is 0. The highest BCUT2D eigenvalue weighted by molar-refractivity contribution is 6.31. The molecule has 2 rings (SSSR count). The number of nitrogens with zero attached hydrogens (tertiary/aromatic N) is 4. The molecule has 0 spiro atoms. The minimum absolute atomic E-state index is 0.458. The van der Waals surface area contributed by atoms with Gasteiger partial charge in [0.05, 0.1) is 28.9 Å². The van der Waals surface area contributed by atoms with Gasteiger partial charge in [0.2, 0.25) is 0 Å². The molecule has 1 atom stereocenters. The summed E-state index contributed by atoms with van der Waals surface area (Å²) in [4.78, 5) is 4.10. The molecule has 1 N–H and O–H groups in total. The summed E-state index contributed by atoms with van der Waals surface area (Å²) >= 11 is 6.00. The number of halogens is 1. The fourth-order valence-electron chi connectivity index (χ4n) is 1.61. The van der Waals surface area contributed by atoms with Crippen molar-refractivity contribution in [2.45, 2.75) is 19.6 Å². The highest BCUT2D eigenvalue weighted by Gasteiger charge is 2.20. The summed E-state index contributed by atoms with van der Waals surface area (Å²) in [5.41, 5.74) is 1.16. The largest absolute Gasteiger partial charge is 0.380 e. The number of aromatic nitrogens is 4. The van der Waals surface area contributed by atoms with Gasteiger partial charge in [-0.15, -0.1) is 0 Å². The quantitative estimate of drug-likeness (QED) is 0.882. The molecule has 0 fully saturated rings. The fourth-order valence-corrected chi connectivity index (χ4v) is 1.85.